The molecule has 2 aromatic heterocycles. The fourth-order valence-electron chi connectivity index (χ4n) is 3.79. The minimum atomic E-state index is -4.57. The summed E-state index contributed by atoms with van der Waals surface area (Å²) in [5, 5.41) is 11.6. The number of benzene rings is 1. The second-order valence-corrected chi connectivity index (χ2v) is 7.73. The van der Waals surface area contributed by atoms with Crippen molar-refractivity contribution in [2.45, 2.75) is 18.7 Å². The van der Waals surface area contributed by atoms with Crippen molar-refractivity contribution in [3.8, 4) is 0 Å². The Bertz CT molecular complexity index is 1050. The number of β-amino-alcohol motifs (C(OH)–C–C–N with tert-alkyl or cyclic N) is 1. The molecule has 3 aromatic rings. The topological polar surface area (TPSA) is 65.4 Å². The highest BCUT2D eigenvalue weighted by atomic mass is 19.4. The first kappa shape index (κ1) is 20.3. The maximum atomic E-state index is 13.3. The summed E-state index contributed by atoms with van der Waals surface area (Å²) < 4.78 is 39.9. The van der Waals surface area contributed by atoms with E-state index >= 15 is 0 Å². The van der Waals surface area contributed by atoms with Gasteiger partial charge in [-0.05, 0) is 24.1 Å². The number of pyridine rings is 1. The molecule has 0 radical (unpaired) electrons. The van der Waals surface area contributed by atoms with Crippen LogP contribution < -0.4 is 9.80 Å². The molecule has 0 spiro atoms. The van der Waals surface area contributed by atoms with Crippen molar-refractivity contribution in [3.63, 3.8) is 0 Å². The van der Waals surface area contributed by atoms with Gasteiger partial charge in [-0.25, -0.2) is 4.98 Å². The number of hydrogen-bond acceptors (Lipinski definition) is 6. The molecule has 0 amide bonds. The van der Waals surface area contributed by atoms with E-state index in [1.165, 1.54) is 4.90 Å². The molecule has 30 heavy (non-hydrogen) atoms. The predicted octanol–water partition coefficient (Wildman–Crippen LogP) is 3.15. The van der Waals surface area contributed by atoms with Crippen molar-refractivity contribution in [1.82, 2.24) is 15.0 Å². The summed E-state index contributed by atoms with van der Waals surface area (Å²) >= 11 is 0. The molecule has 1 aromatic carbocycles. The Morgan fingerprint density at radius 3 is 2.63 bits per heavy atom. The number of aliphatic hydroxyl groups is 1. The van der Waals surface area contributed by atoms with Crippen LogP contribution in [0.15, 0.2) is 42.6 Å². The third kappa shape index (κ3) is 4.02. The van der Waals surface area contributed by atoms with Gasteiger partial charge in [-0.15, -0.1) is 0 Å². The van der Waals surface area contributed by atoms with Gasteiger partial charge in [0.2, 0.25) is 5.95 Å². The zero-order chi connectivity index (χ0) is 21.5. The first-order valence-corrected chi connectivity index (χ1v) is 9.61. The molecule has 4 rings (SSSR count). The molecule has 158 valence electrons. The summed E-state index contributed by atoms with van der Waals surface area (Å²) in [6, 6.07) is 10.6. The first-order chi connectivity index (χ1) is 14.2. The molecule has 1 aliphatic heterocycles. The van der Waals surface area contributed by atoms with Crippen molar-refractivity contribution in [1.29, 1.82) is 0 Å². The lowest BCUT2D eigenvalue weighted by molar-refractivity contribution is -0.141. The third-order valence-electron chi connectivity index (χ3n) is 5.34. The summed E-state index contributed by atoms with van der Waals surface area (Å²) in [7, 11) is 3.19. The highest BCUT2D eigenvalue weighted by Gasteiger charge is 2.37. The van der Waals surface area contributed by atoms with Crippen molar-refractivity contribution < 1.29 is 18.3 Å². The van der Waals surface area contributed by atoms with Gasteiger partial charge in [-0.1, -0.05) is 18.2 Å². The molecule has 9 heteroatoms. The molecule has 2 atom stereocenters. The summed E-state index contributed by atoms with van der Waals surface area (Å²) in [6.45, 7) is 0.619. The Morgan fingerprint density at radius 1 is 1.13 bits per heavy atom. The standard InChI is InChI=1S/C21H22F3N5O/c1-28(2)20-26-18(21(22,23)24)10-19(27-20)29-11-14(17(30)12-29)9-13-7-8-25-16-6-4-3-5-15(13)16/h3-8,10,14,17,30H,9,11-12H2,1-2H3/t14-,17-/m1/s1. The summed E-state index contributed by atoms with van der Waals surface area (Å²) in [6.07, 6.45) is -2.92. The number of aliphatic hydroxyl groups excluding tert-OH is 1. The number of aromatic nitrogens is 3. The maximum absolute atomic E-state index is 13.3. The van der Waals surface area contributed by atoms with Gasteiger partial charge in [-0.3, -0.25) is 4.98 Å². The Kier molecular flexibility index (Phi) is 5.23. The largest absolute Gasteiger partial charge is 0.433 e. The van der Waals surface area contributed by atoms with E-state index in [1.54, 1.807) is 25.2 Å². The molecule has 1 aliphatic rings. The molecule has 0 aliphatic carbocycles. The molecule has 3 heterocycles. The fraction of sp³-hybridized carbons (Fsp3) is 0.381. The summed E-state index contributed by atoms with van der Waals surface area (Å²) in [5.74, 6) is 0.0166. The van der Waals surface area contributed by atoms with Gasteiger partial charge in [-0.2, -0.15) is 18.2 Å². The van der Waals surface area contributed by atoms with Crippen LogP contribution in [0.3, 0.4) is 0 Å². The van der Waals surface area contributed by atoms with Gasteiger partial charge in [0.15, 0.2) is 5.69 Å². The monoisotopic (exact) mass is 417 g/mol. The lowest BCUT2D eigenvalue weighted by atomic mass is 9.94. The molecule has 1 N–H and O–H groups in total. The molecule has 1 fully saturated rings. The average molecular weight is 417 g/mol. The van der Waals surface area contributed by atoms with E-state index in [0.29, 0.717) is 13.0 Å². The number of fused-ring (bicyclic) bond motifs is 1. The van der Waals surface area contributed by atoms with E-state index in [-0.39, 0.29) is 24.2 Å². The lowest BCUT2D eigenvalue weighted by Crippen LogP contribution is -2.25. The molecule has 1 saturated heterocycles. The van der Waals surface area contributed by atoms with Crippen LogP contribution in [0, 0.1) is 5.92 Å². The van der Waals surface area contributed by atoms with Crippen LogP contribution in [0.2, 0.25) is 0 Å². The van der Waals surface area contributed by atoms with Crippen molar-refractivity contribution in [2.75, 3.05) is 37.0 Å². The predicted molar refractivity (Wildman–Crippen MR) is 109 cm³/mol. The molecule has 0 unspecified atom stereocenters. The van der Waals surface area contributed by atoms with E-state index in [2.05, 4.69) is 15.0 Å². The zero-order valence-corrected chi connectivity index (χ0v) is 16.6. The van der Waals surface area contributed by atoms with E-state index in [9.17, 15) is 18.3 Å². The first-order valence-electron chi connectivity index (χ1n) is 9.61. The summed E-state index contributed by atoms with van der Waals surface area (Å²) in [4.78, 5) is 15.4. The number of halogens is 3. The van der Waals surface area contributed by atoms with E-state index in [4.69, 9.17) is 0 Å². The third-order valence-corrected chi connectivity index (χ3v) is 5.34. The van der Waals surface area contributed by atoms with E-state index in [0.717, 1.165) is 22.5 Å². The molecule has 6 nitrogen and oxygen atoms in total. The smallest absolute Gasteiger partial charge is 0.391 e. The van der Waals surface area contributed by atoms with Crippen molar-refractivity contribution >= 4 is 22.7 Å². The summed E-state index contributed by atoms with van der Waals surface area (Å²) in [5.41, 5.74) is 0.939. The van der Waals surface area contributed by atoms with Crippen LogP contribution >= 0.6 is 0 Å². The Labute approximate surface area is 172 Å². The van der Waals surface area contributed by atoms with Gasteiger partial charge in [0, 0.05) is 50.8 Å². The zero-order valence-electron chi connectivity index (χ0n) is 16.6. The number of rotatable bonds is 4. The van der Waals surface area contributed by atoms with Gasteiger partial charge in [0.1, 0.15) is 5.82 Å². The molecule has 0 saturated carbocycles. The van der Waals surface area contributed by atoms with Crippen LogP contribution in [0.25, 0.3) is 10.9 Å². The number of anilines is 2. The van der Waals surface area contributed by atoms with E-state index < -0.39 is 18.0 Å². The quantitative estimate of drug-likeness (QED) is 0.704. The normalized spacial score (nSPS) is 19.5. The minimum Gasteiger partial charge on any atom is -0.391 e. The van der Waals surface area contributed by atoms with Gasteiger partial charge in [0.25, 0.3) is 0 Å². The van der Waals surface area contributed by atoms with Crippen LogP contribution in [-0.4, -0.2) is 53.3 Å². The van der Waals surface area contributed by atoms with Crippen molar-refractivity contribution in [3.05, 3.63) is 53.9 Å². The van der Waals surface area contributed by atoms with Gasteiger partial charge < -0.3 is 14.9 Å². The highest BCUT2D eigenvalue weighted by Crippen LogP contribution is 2.33. The second-order valence-electron chi connectivity index (χ2n) is 7.73. The molecule has 0 bridgehead atoms. The lowest BCUT2D eigenvalue weighted by Gasteiger charge is -2.21. The van der Waals surface area contributed by atoms with Crippen LogP contribution in [0.5, 0.6) is 0 Å². The number of alkyl halides is 3. The van der Waals surface area contributed by atoms with Crippen LogP contribution in [-0.2, 0) is 12.6 Å². The number of para-hydroxylation sites is 1. The Morgan fingerprint density at radius 2 is 1.90 bits per heavy atom. The minimum absolute atomic E-state index is 0.0158. The number of hydrogen-bond donors (Lipinski definition) is 1. The van der Waals surface area contributed by atoms with Crippen LogP contribution in [0.1, 0.15) is 11.3 Å². The Hall–Kier alpha value is -2.94. The molecular weight excluding hydrogens is 395 g/mol. The van der Waals surface area contributed by atoms with Gasteiger partial charge in [0.05, 0.1) is 11.6 Å². The maximum Gasteiger partial charge on any atom is 0.433 e. The van der Waals surface area contributed by atoms with Crippen molar-refractivity contribution in [2.24, 2.45) is 5.92 Å². The fourth-order valence-corrected chi connectivity index (χ4v) is 3.79. The molecular formula is C21H22F3N5O. The van der Waals surface area contributed by atoms with Gasteiger partial charge >= 0.3 is 6.18 Å². The average Bonchev–Trinajstić information content (AvgIpc) is 3.08. The van der Waals surface area contributed by atoms with E-state index in [1.807, 2.05) is 30.3 Å². The SMILES string of the molecule is CN(C)c1nc(N2C[C@@H](Cc3ccnc4ccccc34)[C@H](O)C2)cc(C(F)(F)F)n1. The Balaban J connectivity index is 1.60. The highest BCUT2D eigenvalue weighted by molar-refractivity contribution is 5.81. The number of nitrogens with zero attached hydrogens (tertiary/aromatic N) is 5. The second kappa shape index (κ2) is 7.71. The van der Waals surface area contributed by atoms with Crippen LogP contribution in [0.4, 0.5) is 24.9 Å².